The number of fused-ring (bicyclic) bond motifs is 3. The van der Waals surface area contributed by atoms with Crippen LogP contribution >= 0.6 is 11.8 Å². The summed E-state index contributed by atoms with van der Waals surface area (Å²) in [5.41, 5.74) is 2.29. The molecule has 6 heteroatoms. The zero-order valence-electron chi connectivity index (χ0n) is 10.0. The molecule has 0 N–H and O–H groups in total. The van der Waals surface area contributed by atoms with Crippen molar-refractivity contribution in [3.8, 4) is 0 Å². The zero-order valence-corrected chi connectivity index (χ0v) is 10.8. The topological polar surface area (TPSA) is 43.6 Å². The Morgan fingerprint density at radius 3 is 2.94 bits per heavy atom. The standard InChI is InChI=1S/C12H11FN4S/c1-3-18-12-14-11-10(15-16-12)8-6-7(13)4-5-9(8)17(11)2/h4-6H,3H2,1-2H3. The number of rotatable bonds is 2. The molecule has 0 aliphatic carbocycles. The van der Waals surface area contributed by atoms with Gasteiger partial charge in [0, 0.05) is 12.4 Å². The summed E-state index contributed by atoms with van der Waals surface area (Å²) in [6, 6.07) is 4.65. The van der Waals surface area contributed by atoms with Gasteiger partial charge in [-0.25, -0.2) is 9.37 Å². The van der Waals surface area contributed by atoms with E-state index in [1.54, 1.807) is 6.07 Å². The van der Waals surface area contributed by atoms with E-state index in [-0.39, 0.29) is 5.82 Å². The first kappa shape index (κ1) is 11.4. The highest BCUT2D eigenvalue weighted by molar-refractivity contribution is 7.99. The van der Waals surface area contributed by atoms with Crippen LogP contribution in [0.5, 0.6) is 0 Å². The van der Waals surface area contributed by atoms with Crippen molar-refractivity contribution in [3.05, 3.63) is 24.0 Å². The summed E-state index contributed by atoms with van der Waals surface area (Å²) in [5.74, 6) is 0.620. The van der Waals surface area contributed by atoms with E-state index in [2.05, 4.69) is 15.2 Å². The fourth-order valence-electron chi connectivity index (χ4n) is 2.01. The monoisotopic (exact) mass is 262 g/mol. The molecule has 2 heterocycles. The van der Waals surface area contributed by atoms with E-state index >= 15 is 0 Å². The number of aromatic nitrogens is 4. The summed E-state index contributed by atoms with van der Waals surface area (Å²) in [5, 5.41) is 9.62. The van der Waals surface area contributed by atoms with Crippen LogP contribution in [0.3, 0.4) is 0 Å². The predicted octanol–water partition coefficient (Wildman–Crippen LogP) is 2.77. The second-order valence-corrected chi connectivity index (χ2v) is 5.15. The lowest BCUT2D eigenvalue weighted by Gasteiger charge is -1.98. The molecule has 3 aromatic rings. The molecule has 0 aliphatic rings. The molecule has 0 bridgehead atoms. The van der Waals surface area contributed by atoms with Crippen molar-refractivity contribution < 1.29 is 4.39 Å². The minimum Gasteiger partial charge on any atom is -0.327 e. The Morgan fingerprint density at radius 2 is 2.17 bits per heavy atom. The number of hydrogen-bond donors (Lipinski definition) is 0. The highest BCUT2D eigenvalue weighted by Crippen LogP contribution is 2.26. The average Bonchev–Trinajstić information content (AvgIpc) is 2.63. The van der Waals surface area contributed by atoms with Crippen LogP contribution in [0.2, 0.25) is 0 Å². The molecule has 18 heavy (non-hydrogen) atoms. The normalized spacial score (nSPS) is 11.5. The maximum Gasteiger partial charge on any atom is 0.211 e. The molecule has 0 fully saturated rings. The first-order chi connectivity index (χ1) is 8.70. The zero-order chi connectivity index (χ0) is 12.7. The van der Waals surface area contributed by atoms with Crippen LogP contribution in [-0.4, -0.2) is 25.5 Å². The van der Waals surface area contributed by atoms with Crippen molar-refractivity contribution in [3.63, 3.8) is 0 Å². The second-order valence-electron chi connectivity index (χ2n) is 3.92. The summed E-state index contributed by atoms with van der Waals surface area (Å²) in [7, 11) is 1.90. The number of thioether (sulfide) groups is 1. The van der Waals surface area contributed by atoms with Crippen molar-refractivity contribution >= 4 is 33.8 Å². The van der Waals surface area contributed by atoms with Gasteiger partial charge in [0.15, 0.2) is 5.65 Å². The molecule has 0 aliphatic heterocycles. The van der Waals surface area contributed by atoms with Crippen LogP contribution in [0.4, 0.5) is 4.39 Å². The van der Waals surface area contributed by atoms with Gasteiger partial charge in [0.1, 0.15) is 11.3 Å². The van der Waals surface area contributed by atoms with Gasteiger partial charge in [-0.15, -0.1) is 10.2 Å². The molecule has 0 radical (unpaired) electrons. The maximum atomic E-state index is 13.3. The third-order valence-electron chi connectivity index (χ3n) is 2.82. The van der Waals surface area contributed by atoms with E-state index < -0.39 is 0 Å². The molecule has 0 atom stereocenters. The maximum absolute atomic E-state index is 13.3. The Balaban J connectivity index is 2.36. The third kappa shape index (κ3) is 1.64. The lowest BCUT2D eigenvalue weighted by molar-refractivity contribution is 0.629. The van der Waals surface area contributed by atoms with Gasteiger partial charge in [-0.1, -0.05) is 18.7 Å². The summed E-state index contributed by atoms with van der Waals surface area (Å²) >= 11 is 1.54. The molecule has 92 valence electrons. The van der Waals surface area contributed by atoms with Gasteiger partial charge in [-0.05, 0) is 24.0 Å². The van der Waals surface area contributed by atoms with Gasteiger partial charge in [0.05, 0.1) is 5.52 Å². The van der Waals surface area contributed by atoms with Crippen molar-refractivity contribution in [2.24, 2.45) is 7.05 Å². The summed E-state index contributed by atoms with van der Waals surface area (Å²) in [6.07, 6.45) is 0. The Morgan fingerprint density at radius 1 is 1.33 bits per heavy atom. The second kappa shape index (κ2) is 4.20. The average molecular weight is 262 g/mol. The minimum atomic E-state index is -0.274. The first-order valence-corrected chi connectivity index (χ1v) is 6.60. The molecule has 3 rings (SSSR count). The first-order valence-electron chi connectivity index (χ1n) is 5.62. The Bertz CT molecular complexity index is 738. The van der Waals surface area contributed by atoms with Gasteiger partial charge in [0.25, 0.3) is 0 Å². The number of halogens is 1. The van der Waals surface area contributed by atoms with E-state index in [4.69, 9.17) is 0 Å². The lowest BCUT2D eigenvalue weighted by Crippen LogP contribution is -1.95. The van der Waals surface area contributed by atoms with E-state index in [0.717, 1.165) is 22.3 Å². The van der Waals surface area contributed by atoms with Crippen LogP contribution in [0.1, 0.15) is 6.92 Å². The van der Waals surface area contributed by atoms with Gasteiger partial charge in [-0.2, -0.15) is 0 Å². The van der Waals surface area contributed by atoms with Crippen molar-refractivity contribution in [1.29, 1.82) is 0 Å². The SMILES string of the molecule is CCSc1nnc2c3cc(F)ccc3n(C)c2n1. The Labute approximate surface area is 107 Å². The number of nitrogens with zero attached hydrogens (tertiary/aromatic N) is 4. The van der Waals surface area contributed by atoms with Gasteiger partial charge < -0.3 is 4.57 Å². The minimum absolute atomic E-state index is 0.274. The molecule has 4 nitrogen and oxygen atoms in total. The summed E-state index contributed by atoms with van der Waals surface area (Å²) in [4.78, 5) is 4.46. The van der Waals surface area contributed by atoms with E-state index in [0.29, 0.717) is 10.7 Å². The van der Waals surface area contributed by atoms with Crippen molar-refractivity contribution in [2.45, 2.75) is 12.1 Å². The molecule has 2 aromatic heterocycles. The van der Waals surface area contributed by atoms with Gasteiger partial charge >= 0.3 is 0 Å². The molecule has 0 saturated heterocycles. The highest BCUT2D eigenvalue weighted by Gasteiger charge is 2.13. The van der Waals surface area contributed by atoms with E-state index in [9.17, 15) is 4.39 Å². The van der Waals surface area contributed by atoms with Crippen LogP contribution in [-0.2, 0) is 7.05 Å². The number of benzene rings is 1. The molecule has 0 amide bonds. The van der Waals surface area contributed by atoms with E-state index in [1.807, 2.05) is 18.5 Å². The van der Waals surface area contributed by atoms with Crippen molar-refractivity contribution in [2.75, 3.05) is 5.75 Å². The van der Waals surface area contributed by atoms with Gasteiger partial charge in [-0.3, -0.25) is 0 Å². The van der Waals surface area contributed by atoms with E-state index in [1.165, 1.54) is 23.9 Å². The Kier molecular flexibility index (Phi) is 2.66. The number of hydrogen-bond acceptors (Lipinski definition) is 4. The largest absolute Gasteiger partial charge is 0.327 e. The summed E-state index contributed by atoms with van der Waals surface area (Å²) < 4.78 is 15.2. The van der Waals surface area contributed by atoms with Gasteiger partial charge in [0.2, 0.25) is 5.16 Å². The third-order valence-corrected chi connectivity index (χ3v) is 3.53. The lowest BCUT2D eigenvalue weighted by atomic mass is 10.2. The quantitative estimate of drug-likeness (QED) is 0.666. The molecular formula is C12H11FN4S. The fraction of sp³-hybridized carbons (Fsp3) is 0.250. The van der Waals surface area contributed by atoms with Crippen LogP contribution in [0, 0.1) is 5.82 Å². The summed E-state index contributed by atoms with van der Waals surface area (Å²) in [6.45, 7) is 2.04. The van der Waals surface area contributed by atoms with Crippen LogP contribution < -0.4 is 0 Å². The van der Waals surface area contributed by atoms with Crippen LogP contribution in [0.25, 0.3) is 22.1 Å². The highest BCUT2D eigenvalue weighted by atomic mass is 32.2. The molecule has 0 unspecified atom stereocenters. The molecular weight excluding hydrogens is 251 g/mol. The fourth-order valence-corrected chi connectivity index (χ4v) is 2.51. The van der Waals surface area contributed by atoms with Crippen LogP contribution in [0.15, 0.2) is 23.4 Å². The molecule has 0 saturated carbocycles. The Hall–Kier alpha value is -1.69. The number of aryl methyl sites for hydroxylation is 1. The predicted molar refractivity (Wildman–Crippen MR) is 70.2 cm³/mol. The molecule has 1 aromatic carbocycles. The smallest absolute Gasteiger partial charge is 0.211 e. The molecule has 0 spiro atoms. The van der Waals surface area contributed by atoms with Crippen molar-refractivity contribution in [1.82, 2.24) is 19.7 Å².